The molecule has 11 heteroatoms. The van der Waals surface area contributed by atoms with Gasteiger partial charge in [-0.1, -0.05) is 76.0 Å². The maximum Gasteiger partial charge on any atom is 0.253 e. The molecule has 2 aliphatic rings. The second-order valence-electron chi connectivity index (χ2n) is 12.1. The molecule has 2 aromatic carbocycles. The monoisotopic (exact) mass is 619 g/mol. The van der Waals surface area contributed by atoms with Crippen LogP contribution in [0, 0.1) is 11.3 Å². The summed E-state index contributed by atoms with van der Waals surface area (Å²) in [5.41, 5.74) is 13.4. The number of rotatable bonds is 10. The van der Waals surface area contributed by atoms with Gasteiger partial charge in [0.15, 0.2) is 6.29 Å². The summed E-state index contributed by atoms with van der Waals surface area (Å²) in [4.78, 5) is 29.5. The van der Waals surface area contributed by atoms with Crippen LogP contribution >= 0.6 is 23.2 Å². The van der Waals surface area contributed by atoms with Gasteiger partial charge in [0.1, 0.15) is 0 Å². The molecule has 42 heavy (non-hydrogen) atoms. The van der Waals surface area contributed by atoms with Gasteiger partial charge in [-0.25, -0.2) is 10.9 Å². The van der Waals surface area contributed by atoms with Gasteiger partial charge in [0, 0.05) is 35.2 Å². The maximum atomic E-state index is 12.7. The Morgan fingerprint density at radius 3 is 2.19 bits per heavy atom. The highest BCUT2D eigenvalue weighted by molar-refractivity contribution is 6.35. The molecule has 2 amide bonds. The fourth-order valence-corrected chi connectivity index (χ4v) is 6.34. The number of amides is 2. The minimum absolute atomic E-state index is 0.214. The summed E-state index contributed by atoms with van der Waals surface area (Å²) in [5.74, 6) is 0.394. The van der Waals surface area contributed by atoms with Crippen molar-refractivity contribution in [2.24, 2.45) is 11.3 Å². The van der Waals surface area contributed by atoms with Gasteiger partial charge in [-0.15, -0.1) is 0 Å². The second kappa shape index (κ2) is 15.5. The lowest BCUT2D eigenvalue weighted by molar-refractivity contribution is -0.128. The van der Waals surface area contributed by atoms with E-state index in [9.17, 15) is 9.59 Å². The third-order valence-corrected chi connectivity index (χ3v) is 8.82. The summed E-state index contributed by atoms with van der Waals surface area (Å²) in [6, 6.07) is 13.0. The van der Waals surface area contributed by atoms with E-state index in [0.717, 1.165) is 49.8 Å². The molecule has 2 fully saturated rings. The van der Waals surface area contributed by atoms with Crippen molar-refractivity contribution in [2.45, 2.75) is 85.2 Å². The lowest BCUT2D eigenvalue weighted by Gasteiger charge is -2.50. The van der Waals surface area contributed by atoms with Gasteiger partial charge >= 0.3 is 0 Å². The van der Waals surface area contributed by atoms with E-state index in [2.05, 4.69) is 60.0 Å². The van der Waals surface area contributed by atoms with Crippen LogP contribution in [0.3, 0.4) is 0 Å². The SMILES string of the molecule is CC.CN(Cc1ccc(Cl)cc1Cl)CC1(N(C=O)Cc2ccc(C(=O)NC3NNNN3)cc2)CCC(C(C)(C)C)CC1. The smallest absolute Gasteiger partial charge is 0.253 e. The van der Waals surface area contributed by atoms with Crippen molar-refractivity contribution >= 4 is 35.5 Å². The number of hydrogen-bond donors (Lipinski definition) is 5. The first-order valence-corrected chi connectivity index (χ1v) is 15.5. The van der Waals surface area contributed by atoms with Crippen LogP contribution in [0.15, 0.2) is 42.5 Å². The summed E-state index contributed by atoms with van der Waals surface area (Å²) in [7, 11) is 2.08. The fourth-order valence-electron chi connectivity index (χ4n) is 5.87. The van der Waals surface area contributed by atoms with E-state index in [1.165, 1.54) is 0 Å². The minimum Gasteiger partial charge on any atom is -0.334 e. The molecule has 4 rings (SSSR count). The molecule has 0 aromatic heterocycles. The second-order valence-corrected chi connectivity index (χ2v) is 13.0. The molecular formula is C31H47Cl2N7O2. The Morgan fingerprint density at radius 1 is 1.02 bits per heavy atom. The van der Waals surface area contributed by atoms with E-state index in [1.807, 2.05) is 43.0 Å². The van der Waals surface area contributed by atoms with E-state index in [-0.39, 0.29) is 16.9 Å². The van der Waals surface area contributed by atoms with Crippen molar-refractivity contribution in [1.82, 2.24) is 37.0 Å². The van der Waals surface area contributed by atoms with Crippen LogP contribution in [0.2, 0.25) is 10.0 Å². The number of halogens is 2. The molecule has 0 atom stereocenters. The van der Waals surface area contributed by atoms with Crippen molar-refractivity contribution in [2.75, 3.05) is 13.6 Å². The molecule has 0 radical (unpaired) electrons. The molecule has 9 nitrogen and oxygen atoms in total. The molecule has 1 aliphatic carbocycles. The van der Waals surface area contributed by atoms with E-state index >= 15 is 0 Å². The van der Waals surface area contributed by atoms with Crippen molar-refractivity contribution in [3.8, 4) is 0 Å². The largest absolute Gasteiger partial charge is 0.334 e. The highest BCUT2D eigenvalue weighted by Crippen LogP contribution is 2.44. The molecule has 0 unspecified atom stereocenters. The molecule has 0 spiro atoms. The van der Waals surface area contributed by atoms with Gasteiger partial charge in [0.25, 0.3) is 5.91 Å². The van der Waals surface area contributed by atoms with Crippen LogP contribution in [0.4, 0.5) is 0 Å². The van der Waals surface area contributed by atoms with Crippen molar-refractivity contribution < 1.29 is 9.59 Å². The van der Waals surface area contributed by atoms with Crippen LogP contribution in [0.1, 0.15) is 81.8 Å². The Labute approximate surface area is 261 Å². The van der Waals surface area contributed by atoms with Gasteiger partial charge in [0.05, 0.1) is 5.54 Å². The molecule has 2 aromatic rings. The summed E-state index contributed by atoms with van der Waals surface area (Å²) in [5, 5.41) is 4.08. The first-order valence-electron chi connectivity index (χ1n) is 14.7. The predicted octanol–water partition coefficient (Wildman–Crippen LogP) is 5.22. The van der Waals surface area contributed by atoms with Gasteiger partial charge < -0.3 is 10.2 Å². The van der Waals surface area contributed by atoms with Crippen LogP contribution in [0.5, 0.6) is 0 Å². The van der Waals surface area contributed by atoms with Crippen LogP contribution in [-0.2, 0) is 17.9 Å². The number of nitrogens with zero attached hydrogens (tertiary/aromatic N) is 2. The first kappa shape index (κ1) is 34.3. The lowest BCUT2D eigenvalue weighted by atomic mass is 9.66. The number of hydrogen-bond acceptors (Lipinski definition) is 7. The number of carbonyl (C=O) groups excluding carboxylic acids is 2. The Balaban J connectivity index is 0.00000237. The number of nitrogens with one attached hydrogen (secondary N) is 5. The normalized spacial score (nSPS) is 21.0. The van der Waals surface area contributed by atoms with E-state index < -0.39 is 6.29 Å². The van der Waals surface area contributed by atoms with Crippen LogP contribution in [0.25, 0.3) is 0 Å². The standard InChI is InChI=1S/C29H41Cl2N7O2.C2H6/c1-28(2,3)23-11-13-29(14-12-23,18-37(4)17-22-9-10-24(30)15-25(22)31)38(19-39)16-20-5-7-21(8-6-20)26(40)32-27-33-35-36-34-27;1-2/h5-10,15,19,23,27,33-36H,11-14,16-18H2,1-4H3,(H,32,40);1-2H3. The Kier molecular flexibility index (Phi) is 12.6. The van der Waals surface area contributed by atoms with Gasteiger partial charge in [-0.3, -0.25) is 14.5 Å². The zero-order chi connectivity index (χ0) is 30.9. The molecule has 5 N–H and O–H groups in total. The number of benzene rings is 2. The molecule has 232 valence electrons. The third kappa shape index (κ3) is 9.13. The van der Waals surface area contributed by atoms with E-state index in [0.29, 0.717) is 34.6 Å². The fraction of sp³-hybridized carbons (Fsp3) is 0.548. The van der Waals surface area contributed by atoms with Crippen LogP contribution in [-0.4, -0.2) is 47.5 Å². The van der Waals surface area contributed by atoms with Crippen molar-refractivity contribution in [1.29, 1.82) is 0 Å². The quantitative estimate of drug-likeness (QED) is 0.233. The van der Waals surface area contributed by atoms with Crippen molar-refractivity contribution in [3.63, 3.8) is 0 Å². The van der Waals surface area contributed by atoms with Gasteiger partial charge in [-0.05, 0) is 79.5 Å². The third-order valence-electron chi connectivity index (χ3n) is 8.24. The Bertz CT molecular complexity index is 1160. The summed E-state index contributed by atoms with van der Waals surface area (Å²) in [6.45, 7) is 12.8. The van der Waals surface area contributed by atoms with Gasteiger partial charge in [-0.2, -0.15) is 11.1 Å². The number of likely N-dealkylation sites (N-methyl/N-ethyl adjacent to an activating group) is 1. The van der Waals surface area contributed by atoms with E-state index in [4.69, 9.17) is 23.2 Å². The molecular weight excluding hydrogens is 573 g/mol. The first-order chi connectivity index (χ1) is 20.0. The van der Waals surface area contributed by atoms with Gasteiger partial charge in [0.2, 0.25) is 6.41 Å². The summed E-state index contributed by atoms with van der Waals surface area (Å²) in [6.07, 6.45) is 4.55. The molecule has 1 heterocycles. The maximum absolute atomic E-state index is 12.7. The highest BCUT2D eigenvalue weighted by atomic mass is 35.5. The van der Waals surface area contributed by atoms with Crippen LogP contribution < -0.4 is 27.2 Å². The zero-order valence-electron chi connectivity index (χ0n) is 25.7. The average Bonchev–Trinajstić information content (AvgIpc) is 3.47. The molecule has 1 aliphatic heterocycles. The predicted molar refractivity (Wildman–Crippen MR) is 170 cm³/mol. The summed E-state index contributed by atoms with van der Waals surface area (Å²) < 4.78 is 0. The molecule has 0 bridgehead atoms. The minimum atomic E-state index is -0.430. The van der Waals surface area contributed by atoms with Crippen molar-refractivity contribution in [3.05, 3.63) is 69.2 Å². The Morgan fingerprint density at radius 2 is 1.64 bits per heavy atom. The van der Waals surface area contributed by atoms with E-state index in [1.54, 1.807) is 18.2 Å². The number of hydrazine groups is 3. The summed E-state index contributed by atoms with van der Waals surface area (Å²) >= 11 is 12.6. The average molecular weight is 621 g/mol. The molecule has 1 saturated carbocycles. The highest BCUT2D eigenvalue weighted by Gasteiger charge is 2.43. The zero-order valence-corrected chi connectivity index (χ0v) is 27.2. The number of carbonyl (C=O) groups is 2. The topological polar surface area (TPSA) is 101 Å². The Hall–Kier alpha value is -2.24. The lowest BCUT2D eigenvalue weighted by Crippen LogP contribution is -2.56. The molecule has 1 saturated heterocycles.